The van der Waals surface area contributed by atoms with Gasteiger partial charge in [0.15, 0.2) is 5.13 Å². The molecule has 0 amide bonds. The summed E-state index contributed by atoms with van der Waals surface area (Å²) >= 11 is 3.44. The predicted octanol–water partition coefficient (Wildman–Crippen LogP) is 8.67. The Kier molecular flexibility index (Phi) is 10.4. The number of hydrogen-bond acceptors (Lipinski definition) is 7. The summed E-state index contributed by atoms with van der Waals surface area (Å²) in [6, 6.07) is 15.2. The summed E-state index contributed by atoms with van der Waals surface area (Å²) < 4.78 is 30.3. The van der Waals surface area contributed by atoms with Crippen molar-refractivity contribution in [1.82, 2.24) is 9.29 Å². The molecule has 6 nitrogen and oxygen atoms in total. The molecule has 4 aromatic rings. The van der Waals surface area contributed by atoms with Crippen LogP contribution in [-0.4, -0.2) is 42.0 Å². The Morgan fingerprint density at radius 1 is 1.04 bits per heavy atom. The molecule has 2 atom stereocenters. The van der Waals surface area contributed by atoms with Gasteiger partial charge in [0.2, 0.25) is 10.0 Å². The maximum absolute atomic E-state index is 14.0. The molecule has 2 heterocycles. The molecule has 1 aliphatic carbocycles. The van der Waals surface area contributed by atoms with Crippen molar-refractivity contribution in [2.75, 3.05) is 18.4 Å². The Labute approximate surface area is 284 Å². The number of aromatic nitrogens is 1. The maximum Gasteiger partial charge on any atom is 0.243 e. The number of hydrogen-bond donors (Lipinski definition) is 2. The Hall–Kier alpha value is -2.30. The number of sulfonamides is 1. The first-order valence-electron chi connectivity index (χ1n) is 16.5. The van der Waals surface area contributed by atoms with Gasteiger partial charge in [0.1, 0.15) is 0 Å². The van der Waals surface area contributed by atoms with Gasteiger partial charge in [0.25, 0.3) is 0 Å². The van der Waals surface area contributed by atoms with Gasteiger partial charge in [-0.15, -0.1) is 11.3 Å². The maximum atomic E-state index is 14.0. The molecule has 0 spiro atoms. The molecule has 2 aromatic carbocycles. The largest absolute Gasteiger partial charge is 0.391 e. The fourth-order valence-corrected chi connectivity index (χ4v) is 10.7. The van der Waals surface area contributed by atoms with Crippen LogP contribution in [0.15, 0.2) is 53.4 Å². The second-order valence-electron chi connectivity index (χ2n) is 15.3. The van der Waals surface area contributed by atoms with Crippen molar-refractivity contribution in [3.05, 3.63) is 75.0 Å². The van der Waals surface area contributed by atoms with Gasteiger partial charge in [0.05, 0.1) is 27.8 Å². The molecule has 0 saturated carbocycles. The number of aryl methyl sites for hydroxylation is 1. The van der Waals surface area contributed by atoms with Crippen LogP contribution < -0.4 is 5.32 Å². The zero-order chi connectivity index (χ0) is 33.4. The third-order valence-electron chi connectivity index (χ3n) is 9.01. The highest BCUT2D eigenvalue weighted by atomic mass is 32.2. The topological polar surface area (TPSA) is 82.5 Å². The van der Waals surface area contributed by atoms with Gasteiger partial charge in [-0.25, -0.2) is 13.4 Å². The van der Waals surface area contributed by atoms with Crippen LogP contribution in [0.25, 0.3) is 10.2 Å². The van der Waals surface area contributed by atoms with Crippen molar-refractivity contribution in [1.29, 1.82) is 0 Å². The van der Waals surface area contributed by atoms with E-state index in [0.29, 0.717) is 24.9 Å². The van der Waals surface area contributed by atoms with E-state index in [9.17, 15) is 13.5 Å². The lowest BCUT2D eigenvalue weighted by Gasteiger charge is -2.32. The molecule has 9 heteroatoms. The SMILES string of the molecule is CC(C)CN(C[C@@H](O)[C@@H](C)Cc1ccccc1)S(=O)(=O)c1ccc2nc(NCc3sc4c(c3C(C)(C)C)CC(C)(C)CC4)sc2c1. The van der Waals surface area contributed by atoms with Gasteiger partial charge in [-0.2, -0.15) is 4.31 Å². The van der Waals surface area contributed by atoms with Crippen LogP contribution in [0.5, 0.6) is 0 Å². The van der Waals surface area contributed by atoms with Crippen LogP contribution in [0.2, 0.25) is 0 Å². The van der Waals surface area contributed by atoms with Gasteiger partial charge in [-0.1, -0.05) is 97.1 Å². The number of thiophene rings is 1. The highest BCUT2D eigenvalue weighted by Gasteiger charge is 2.34. The number of nitrogens with zero attached hydrogens (tertiary/aromatic N) is 2. The van der Waals surface area contributed by atoms with E-state index in [1.807, 2.05) is 62.4 Å². The summed E-state index contributed by atoms with van der Waals surface area (Å²) in [7, 11) is -3.84. The first-order chi connectivity index (χ1) is 21.5. The molecule has 5 rings (SSSR count). The number of anilines is 1. The van der Waals surface area contributed by atoms with Gasteiger partial charge in [-0.3, -0.25) is 0 Å². The van der Waals surface area contributed by atoms with Gasteiger partial charge in [0, 0.05) is 22.8 Å². The summed E-state index contributed by atoms with van der Waals surface area (Å²) in [6.07, 6.45) is 3.39. The lowest BCUT2D eigenvalue weighted by Crippen LogP contribution is -2.42. The minimum absolute atomic E-state index is 0.0557. The van der Waals surface area contributed by atoms with Crippen molar-refractivity contribution in [2.24, 2.45) is 17.3 Å². The lowest BCUT2D eigenvalue weighted by atomic mass is 9.72. The number of nitrogens with one attached hydrogen (secondary N) is 1. The number of rotatable bonds is 12. The fraction of sp³-hybridized carbons (Fsp3) is 0.541. The second kappa shape index (κ2) is 13.7. The molecule has 0 saturated heterocycles. The monoisotopic (exact) mass is 681 g/mol. The van der Waals surface area contributed by atoms with E-state index in [1.165, 1.54) is 37.4 Å². The fourth-order valence-electron chi connectivity index (χ4n) is 6.61. The van der Waals surface area contributed by atoms with E-state index in [0.717, 1.165) is 33.8 Å². The Bertz CT molecular complexity index is 1750. The van der Waals surface area contributed by atoms with Gasteiger partial charge in [-0.05, 0) is 83.2 Å². The van der Waals surface area contributed by atoms with Crippen LogP contribution in [0.1, 0.15) is 88.3 Å². The molecule has 0 aliphatic heterocycles. The van der Waals surface area contributed by atoms with Crippen LogP contribution in [0, 0.1) is 17.3 Å². The molecule has 0 radical (unpaired) electrons. The molecule has 1 aliphatic rings. The van der Waals surface area contributed by atoms with Gasteiger partial charge < -0.3 is 10.4 Å². The number of thiazole rings is 1. The van der Waals surface area contributed by atoms with Crippen LogP contribution in [0.3, 0.4) is 0 Å². The third-order valence-corrected chi connectivity index (χ3v) is 13.1. The second-order valence-corrected chi connectivity index (χ2v) is 19.5. The Balaban J connectivity index is 1.34. The minimum Gasteiger partial charge on any atom is -0.391 e. The van der Waals surface area contributed by atoms with Crippen molar-refractivity contribution >= 4 is 48.0 Å². The van der Waals surface area contributed by atoms with E-state index in [-0.39, 0.29) is 28.7 Å². The van der Waals surface area contributed by atoms with E-state index in [2.05, 4.69) is 39.9 Å². The molecule has 0 fully saturated rings. The predicted molar refractivity (Wildman–Crippen MR) is 195 cm³/mol. The van der Waals surface area contributed by atoms with E-state index < -0.39 is 16.1 Å². The van der Waals surface area contributed by atoms with E-state index in [1.54, 1.807) is 23.8 Å². The summed E-state index contributed by atoms with van der Waals surface area (Å²) in [4.78, 5) is 7.96. The normalized spacial score (nSPS) is 16.6. The molecular formula is C37H51N3O3S3. The lowest BCUT2D eigenvalue weighted by molar-refractivity contribution is 0.0919. The van der Waals surface area contributed by atoms with Crippen LogP contribution in [-0.2, 0) is 41.2 Å². The Morgan fingerprint density at radius 3 is 2.43 bits per heavy atom. The summed E-state index contributed by atoms with van der Waals surface area (Å²) in [5.74, 6) is 0.0189. The molecule has 2 N–H and O–H groups in total. The Morgan fingerprint density at radius 2 is 1.76 bits per heavy atom. The van der Waals surface area contributed by atoms with E-state index >= 15 is 0 Å². The quantitative estimate of drug-likeness (QED) is 0.156. The zero-order valence-electron chi connectivity index (χ0n) is 28.7. The highest BCUT2D eigenvalue weighted by Crippen LogP contribution is 2.46. The molecule has 0 unspecified atom stereocenters. The smallest absolute Gasteiger partial charge is 0.243 e. The number of benzene rings is 2. The number of aliphatic hydroxyl groups excluding tert-OH is 1. The van der Waals surface area contributed by atoms with Crippen molar-refractivity contribution in [3.63, 3.8) is 0 Å². The summed E-state index contributed by atoms with van der Waals surface area (Å²) in [6.45, 7) is 18.8. The molecule has 46 heavy (non-hydrogen) atoms. The molecule has 250 valence electrons. The van der Waals surface area contributed by atoms with Crippen LogP contribution >= 0.6 is 22.7 Å². The molecule has 0 bridgehead atoms. The number of fused-ring (bicyclic) bond motifs is 2. The average molecular weight is 682 g/mol. The van der Waals surface area contributed by atoms with Gasteiger partial charge >= 0.3 is 0 Å². The van der Waals surface area contributed by atoms with Crippen molar-refractivity contribution in [3.8, 4) is 0 Å². The van der Waals surface area contributed by atoms with E-state index in [4.69, 9.17) is 4.98 Å². The summed E-state index contributed by atoms with van der Waals surface area (Å²) in [5, 5.41) is 15.5. The molecular weight excluding hydrogens is 631 g/mol. The first-order valence-corrected chi connectivity index (χ1v) is 19.6. The van der Waals surface area contributed by atoms with Crippen molar-refractivity contribution < 1.29 is 13.5 Å². The third kappa shape index (κ3) is 8.04. The van der Waals surface area contributed by atoms with Crippen LogP contribution in [0.4, 0.5) is 5.13 Å². The zero-order valence-corrected chi connectivity index (χ0v) is 31.1. The highest BCUT2D eigenvalue weighted by molar-refractivity contribution is 7.89. The average Bonchev–Trinajstić information content (AvgIpc) is 3.55. The number of aliphatic hydroxyl groups is 1. The molecule has 2 aromatic heterocycles. The minimum atomic E-state index is -3.84. The first kappa shape index (κ1) is 35.0. The summed E-state index contributed by atoms with van der Waals surface area (Å²) in [5.41, 5.74) is 5.32. The standard InChI is InChI=1S/C37H51N3O3S3/c1-24(2)22-40(23-30(41)25(3)18-26-12-10-9-11-13-26)46(42,43)27-14-15-29-32(19-27)45-35(39-29)38-21-33-34(36(4,5)6)28-20-37(7,8)17-16-31(28)44-33/h9-15,19,24-25,30,41H,16-18,20-23H2,1-8H3,(H,38,39)/t25-,30+/m0/s1. The van der Waals surface area contributed by atoms with Crippen molar-refractivity contribution in [2.45, 2.75) is 104 Å².